The van der Waals surface area contributed by atoms with Crippen molar-refractivity contribution in [2.45, 2.75) is 38.4 Å². The van der Waals surface area contributed by atoms with E-state index in [0.29, 0.717) is 4.75 Å². The molecule has 0 aromatic carbocycles. The zero-order valence-corrected chi connectivity index (χ0v) is 9.05. The fourth-order valence-electron chi connectivity index (χ4n) is 0.782. The lowest BCUT2D eigenvalue weighted by Crippen LogP contribution is -2.10. The summed E-state index contributed by atoms with van der Waals surface area (Å²) in [6.07, 6.45) is 2.64. The van der Waals surface area contributed by atoms with Gasteiger partial charge in [0.05, 0.1) is 0 Å². The van der Waals surface area contributed by atoms with Crippen molar-refractivity contribution in [1.82, 2.24) is 5.32 Å². The molecule has 2 heteroatoms. The minimum atomic E-state index is 0.444. The Bertz CT molecular complexity index is 86.1. The molecule has 0 fully saturated rings. The van der Waals surface area contributed by atoms with Crippen LogP contribution in [0.15, 0.2) is 0 Å². The van der Waals surface area contributed by atoms with E-state index in [1.807, 2.05) is 7.05 Å². The molecular formula is C9H21NS. The summed E-state index contributed by atoms with van der Waals surface area (Å²) < 4.78 is 0.444. The first-order valence-corrected chi connectivity index (χ1v) is 5.33. The molecule has 68 valence electrons. The maximum atomic E-state index is 3.16. The molecular weight excluding hydrogens is 154 g/mol. The summed E-state index contributed by atoms with van der Waals surface area (Å²) in [5.74, 6) is 1.30. The highest BCUT2D eigenvalue weighted by atomic mass is 32.2. The van der Waals surface area contributed by atoms with Gasteiger partial charge in [-0.1, -0.05) is 20.8 Å². The minimum Gasteiger partial charge on any atom is -0.320 e. The average Bonchev–Trinajstić information content (AvgIpc) is 1.85. The molecule has 0 heterocycles. The fraction of sp³-hybridized carbons (Fsp3) is 1.00. The Hall–Kier alpha value is 0.310. The molecule has 0 aliphatic rings. The van der Waals surface area contributed by atoms with Gasteiger partial charge in [-0.15, -0.1) is 0 Å². The summed E-state index contributed by atoms with van der Waals surface area (Å²) in [5, 5.41) is 3.16. The van der Waals surface area contributed by atoms with Crippen molar-refractivity contribution < 1.29 is 0 Å². The molecule has 0 saturated carbocycles. The lowest BCUT2D eigenvalue weighted by atomic mass is 10.3. The topological polar surface area (TPSA) is 12.0 Å². The Kier molecular flexibility index (Phi) is 6.06. The van der Waals surface area contributed by atoms with Crippen LogP contribution in [0.5, 0.6) is 0 Å². The Morgan fingerprint density at radius 2 is 1.82 bits per heavy atom. The van der Waals surface area contributed by atoms with E-state index in [1.165, 1.54) is 18.6 Å². The lowest BCUT2D eigenvalue weighted by Gasteiger charge is -2.16. The molecule has 0 bridgehead atoms. The molecule has 0 spiro atoms. The van der Waals surface area contributed by atoms with Crippen molar-refractivity contribution in [1.29, 1.82) is 0 Å². The normalized spacial score (nSPS) is 12.0. The van der Waals surface area contributed by atoms with Crippen molar-refractivity contribution in [2.24, 2.45) is 0 Å². The van der Waals surface area contributed by atoms with Gasteiger partial charge in [0.2, 0.25) is 0 Å². The van der Waals surface area contributed by atoms with E-state index in [-0.39, 0.29) is 0 Å². The molecule has 0 aromatic heterocycles. The van der Waals surface area contributed by atoms with Gasteiger partial charge in [-0.2, -0.15) is 11.8 Å². The number of rotatable bonds is 5. The van der Waals surface area contributed by atoms with E-state index in [0.717, 1.165) is 6.54 Å². The number of hydrogen-bond donors (Lipinski definition) is 1. The smallest absolute Gasteiger partial charge is 0.00750 e. The van der Waals surface area contributed by atoms with Crippen molar-refractivity contribution in [3.63, 3.8) is 0 Å². The molecule has 0 aliphatic carbocycles. The van der Waals surface area contributed by atoms with Gasteiger partial charge in [0.25, 0.3) is 0 Å². The summed E-state index contributed by atoms with van der Waals surface area (Å²) >= 11 is 2.06. The maximum Gasteiger partial charge on any atom is 0.00750 e. The van der Waals surface area contributed by atoms with Gasteiger partial charge in [0, 0.05) is 4.75 Å². The summed E-state index contributed by atoms with van der Waals surface area (Å²) in [6, 6.07) is 0. The molecule has 0 amide bonds. The number of thioether (sulfide) groups is 1. The monoisotopic (exact) mass is 175 g/mol. The first-order valence-electron chi connectivity index (χ1n) is 4.35. The number of hydrogen-bond acceptors (Lipinski definition) is 2. The third-order valence-electron chi connectivity index (χ3n) is 1.36. The molecule has 0 rings (SSSR count). The van der Waals surface area contributed by atoms with Gasteiger partial charge in [-0.3, -0.25) is 0 Å². The molecule has 11 heavy (non-hydrogen) atoms. The van der Waals surface area contributed by atoms with Gasteiger partial charge in [-0.25, -0.2) is 0 Å². The zero-order chi connectivity index (χ0) is 8.74. The quantitative estimate of drug-likeness (QED) is 0.644. The summed E-state index contributed by atoms with van der Waals surface area (Å²) in [4.78, 5) is 0. The van der Waals surface area contributed by atoms with Gasteiger partial charge in [0.1, 0.15) is 0 Å². The minimum absolute atomic E-state index is 0.444. The second-order valence-electron chi connectivity index (χ2n) is 3.77. The van der Waals surface area contributed by atoms with Crippen LogP contribution in [0.3, 0.4) is 0 Å². The Morgan fingerprint density at radius 1 is 1.18 bits per heavy atom. The summed E-state index contributed by atoms with van der Waals surface area (Å²) in [5.41, 5.74) is 0. The van der Waals surface area contributed by atoms with Crippen LogP contribution in [0, 0.1) is 0 Å². The van der Waals surface area contributed by atoms with E-state index < -0.39 is 0 Å². The van der Waals surface area contributed by atoms with Crippen LogP contribution < -0.4 is 5.32 Å². The summed E-state index contributed by atoms with van der Waals surface area (Å²) in [7, 11) is 2.01. The molecule has 1 N–H and O–H groups in total. The highest BCUT2D eigenvalue weighted by molar-refractivity contribution is 8.00. The van der Waals surface area contributed by atoms with Gasteiger partial charge in [-0.05, 0) is 32.2 Å². The van der Waals surface area contributed by atoms with Crippen LogP contribution in [0.2, 0.25) is 0 Å². The van der Waals surface area contributed by atoms with E-state index in [1.54, 1.807) is 0 Å². The standard InChI is InChI=1S/C9H21NS/c1-9(2,3)11-8-6-5-7-10-4/h10H,5-8H2,1-4H3. The molecule has 0 atom stereocenters. The highest BCUT2D eigenvalue weighted by Gasteiger charge is 2.08. The van der Waals surface area contributed by atoms with Crippen molar-refractivity contribution in [3.05, 3.63) is 0 Å². The van der Waals surface area contributed by atoms with Crippen LogP contribution in [0.1, 0.15) is 33.6 Å². The van der Waals surface area contributed by atoms with E-state index in [9.17, 15) is 0 Å². The zero-order valence-electron chi connectivity index (χ0n) is 8.24. The summed E-state index contributed by atoms with van der Waals surface area (Å²) in [6.45, 7) is 7.98. The molecule has 0 unspecified atom stereocenters. The number of unbranched alkanes of at least 4 members (excludes halogenated alkanes) is 1. The van der Waals surface area contributed by atoms with Crippen molar-refractivity contribution in [3.8, 4) is 0 Å². The molecule has 0 radical (unpaired) electrons. The maximum absolute atomic E-state index is 3.16. The van der Waals surface area contributed by atoms with Crippen LogP contribution in [-0.2, 0) is 0 Å². The molecule has 0 aromatic rings. The van der Waals surface area contributed by atoms with E-state index in [4.69, 9.17) is 0 Å². The predicted molar refractivity (Wildman–Crippen MR) is 55.4 cm³/mol. The predicted octanol–water partition coefficient (Wildman–Crippen LogP) is 2.52. The van der Waals surface area contributed by atoms with Gasteiger partial charge < -0.3 is 5.32 Å². The lowest BCUT2D eigenvalue weighted by molar-refractivity contribution is 0.711. The van der Waals surface area contributed by atoms with Crippen LogP contribution in [0.25, 0.3) is 0 Å². The third kappa shape index (κ3) is 10.3. The molecule has 1 nitrogen and oxygen atoms in total. The fourth-order valence-corrected chi connectivity index (χ4v) is 1.74. The van der Waals surface area contributed by atoms with Crippen LogP contribution in [0.4, 0.5) is 0 Å². The Labute approximate surface area is 75.3 Å². The second kappa shape index (κ2) is 5.90. The molecule has 0 aliphatic heterocycles. The van der Waals surface area contributed by atoms with Crippen molar-refractivity contribution in [2.75, 3.05) is 19.3 Å². The Balaban J connectivity index is 3.02. The first kappa shape index (κ1) is 11.3. The van der Waals surface area contributed by atoms with Crippen molar-refractivity contribution >= 4 is 11.8 Å². The average molecular weight is 175 g/mol. The SMILES string of the molecule is CNCCCCSC(C)(C)C. The van der Waals surface area contributed by atoms with E-state index in [2.05, 4.69) is 37.8 Å². The number of nitrogens with one attached hydrogen (secondary N) is 1. The van der Waals surface area contributed by atoms with Crippen LogP contribution >= 0.6 is 11.8 Å². The van der Waals surface area contributed by atoms with Gasteiger partial charge >= 0.3 is 0 Å². The Morgan fingerprint density at radius 3 is 2.27 bits per heavy atom. The first-order chi connectivity index (χ1) is 5.06. The van der Waals surface area contributed by atoms with Gasteiger partial charge in [0.15, 0.2) is 0 Å². The largest absolute Gasteiger partial charge is 0.320 e. The van der Waals surface area contributed by atoms with E-state index >= 15 is 0 Å². The molecule has 0 saturated heterocycles. The third-order valence-corrected chi connectivity index (χ3v) is 2.72. The van der Waals surface area contributed by atoms with Crippen LogP contribution in [-0.4, -0.2) is 24.1 Å². The second-order valence-corrected chi connectivity index (χ2v) is 5.69. The highest BCUT2D eigenvalue weighted by Crippen LogP contribution is 2.23.